The van der Waals surface area contributed by atoms with Crippen LogP contribution in [0.2, 0.25) is 0 Å². The Morgan fingerprint density at radius 2 is 1.92 bits per heavy atom. The summed E-state index contributed by atoms with van der Waals surface area (Å²) in [7, 11) is 1.76. The molecule has 2 heterocycles. The average Bonchev–Trinajstić information content (AvgIpc) is 3.63. The van der Waals surface area contributed by atoms with Crippen molar-refractivity contribution < 1.29 is 19.4 Å². The lowest BCUT2D eigenvalue weighted by Crippen LogP contribution is -2.36. The van der Waals surface area contributed by atoms with Crippen molar-refractivity contribution in [2.45, 2.75) is 65.2 Å². The van der Waals surface area contributed by atoms with Crippen LogP contribution in [0.5, 0.6) is 11.6 Å². The van der Waals surface area contributed by atoms with E-state index >= 15 is 0 Å². The number of piperidine rings is 1. The van der Waals surface area contributed by atoms with Gasteiger partial charge in [-0.2, -0.15) is 0 Å². The number of aromatic nitrogens is 1. The van der Waals surface area contributed by atoms with Gasteiger partial charge in [0.2, 0.25) is 5.88 Å². The molecule has 5 rings (SSSR count). The summed E-state index contributed by atoms with van der Waals surface area (Å²) < 4.78 is 11.8. The first-order chi connectivity index (χ1) is 17.2. The van der Waals surface area contributed by atoms with Gasteiger partial charge in [0.15, 0.2) is 0 Å². The molecule has 2 atom stereocenters. The molecule has 1 saturated carbocycles. The van der Waals surface area contributed by atoms with Crippen molar-refractivity contribution in [3.63, 3.8) is 0 Å². The molecule has 1 aliphatic heterocycles. The number of rotatable bonds is 9. The number of carboxylic acids is 1. The number of pyridine rings is 1. The minimum Gasteiger partial charge on any atom is -0.497 e. The highest BCUT2D eigenvalue weighted by Crippen LogP contribution is 2.47. The molecule has 3 aliphatic rings. The van der Waals surface area contributed by atoms with Crippen molar-refractivity contribution in [2.24, 2.45) is 23.2 Å². The van der Waals surface area contributed by atoms with Crippen molar-refractivity contribution >= 4 is 11.7 Å². The number of fused-ring (bicyclic) bond motifs is 1. The first kappa shape index (κ1) is 24.9. The molecule has 2 aliphatic carbocycles. The Hall–Kier alpha value is -2.76. The van der Waals surface area contributed by atoms with E-state index in [0.717, 1.165) is 62.9 Å². The number of aliphatic carboxylic acids is 1. The fourth-order valence-corrected chi connectivity index (χ4v) is 6.34. The van der Waals surface area contributed by atoms with Crippen molar-refractivity contribution in [3.8, 4) is 11.6 Å². The second-order valence-corrected chi connectivity index (χ2v) is 12.0. The molecule has 0 spiro atoms. The summed E-state index contributed by atoms with van der Waals surface area (Å²) in [6.45, 7) is 9.20. The molecule has 0 amide bonds. The molecule has 36 heavy (non-hydrogen) atoms. The van der Waals surface area contributed by atoms with Crippen molar-refractivity contribution in [1.82, 2.24) is 4.98 Å². The van der Waals surface area contributed by atoms with Gasteiger partial charge >= 0.3 is 5.97 Å². The number of ether oxygens (including phenoxy) is 2. The number of benzene rings is 1. The molecule has 6 nitrogen and oxygen atoms in total. The fraction of sp³-hybridized carbons (Fsp3) is 0.600. The van der Waals surface area contributed by atoms with E-state index in [1.54, 1.807) is 13.3 Å². The number of carboxylic acid groups (broad SMARTS) is 1. The molecule has 1 N–H and O–H groups in total. The fourth-order valence-electron chi connectivity index (χ4n) is 6.34. The van der Waals surface area contributed by atoms with Crippen LogP contribution in [0.25, 0.3) is 0 Å². The predicted octanol–water partition coefficient (Wildman–Crippen LogP) is 5.72. The van der Waals surface area contributed by atoms with Gasteiger partial charge in [-0.1, -0.05) is 20.8 Å². The van der Waals surface area contributed by atoms with E-state index in [9.17, 15) is 9.90 Å². The van der Waals surface area contributed by atoms with Crippen LogP contribution < -0.4 is 14.4 Å². The van der Waals surface area contributed by atoms with Crippen LogP contribution in [0.1, 0.15) is 69.1 Å². The zero-order valence-corrected chi connectivity index (χ0v) is 22.1. The lowest BCUT2D eigenvalue weighted by Gasteiger charge is -2.35. The Morgan fingerprint density at radius 1 is 1.17 bits per heavy atom. The molecule has 0 unspecified atom stereocenters. The molecule has 0 bridgehead atoms. The molecule has 1 saturated heterocycles. The summed E-state index contributed by atoms with van der Waals surface area (Å²) in [6, 6.07) is 8.38. The third-order valence-corrected chi connectivity index (χ3v) is 8.48. The third-order valence-electron chi connectivity index (χ3n) is 8.48. The highest BCUT2D eigenvalue weighted by Gasteiger charge is 2.39. The summed E-state index contributed by atoms with van der Waals surface area (Å²) in [5.41, 5.74) is 5.63. The lowest BCUT2D eigenvalue weighted by atomic mass is 9.84. The summed E-state index contributed by atoms with van der Waals surface area (Å²) in [5.74, 6) is 1.42. The molecule has 2 aromatic rings. The predicted molar refractivity (Wildman–Crippen MR) is 141 cm³/mol. The van der Waals surface area contributed by atoms with E-state index in [2.05, 4.69) is 35.9 Å². The number of hydrogen-bond donors (Lipinski definition) is 1. The molecular formula is C30H40N2O4. The molecule has 1 aromatic heterocycles. The standard InChI is InChI=1S/C30H40N2O4/c1-19(29(33)34)28(21-5-6-21)22-7-10-31-27(14-22)36-18-20-8-11-32(12-9-20)26-15-24(35-4)13-23-16-30(2,3)17-25(23)26/h7,10,13-15,19-21,28H,5-6,8-9,11-12,16-18H2,1-4H3,(H,33,34)/t19-,28-/m0/s1. The van der Waals surface area contributed by atoms with Gasteiger partial charge in [-0.3, -0.25) is 4.79 Å². The van der Waals surface area contributed by atoms with Gasteiger partial charge in [-0.05, 0) is 90.5 Å². The van der Waals surface area contributed by atoms with Crippen molar-refractivity contribution in [3.05, 3.63) is 47.2 Å². The van der Waals surface area contributed by atoms with Crippen LogP contribution in [0.4, 0.5) is 5.69 Å². The summed E-state index contributed by atoms with van der Waals surface area (Å²) >= 11 is 0. The van der Waals surface area contributed by atoms with Gasteiger partial charge in [0.05, 0.1) is 19.6 Å². The van der Waals surface area contributed by atoms with E-state index < -0.39 is 11.9 Å². The van der Waals surface area contributed by atoms with Gasteiger partial charge in [0.25, 0.3) is 0 Å². The summed E-state index contributed by atoms with van der Waals surface area (Å²) in [5, 5.41) is 9.59. The summed E-state index contributed by atoms with van der Waals surface area (Å²) in [6.07, 6.45) is 8.36. The van der Waals surface area contributed by atoms with Gasteiger partial charge < -0.3 is 19.5 Å². The maximum Gasteiger partial charge on any atom is 0.306 e. The molecular weight excluding hydrogens is 452 g/mol. The van der Waals surface area contributed by atoms with E-state index in [1.807, 2.05) is 19.1 Å². The first-order valence-electron chi connectivity index (χ1n) is 13.5. The lowest BCUT2D eigenvalue weighted by molar-refractivity contribution is -0.142. The molecule has 1 aromatic carbocycles. The number of methoxy groups -OCH3 is 1. The second kappa shape index (κ2) is 9.95. The highest BCUT2D eigenvalue weighted by molar-refractivity contribution is 5.71. The van der Waals surface area contributed by atoms with Crippen LogP contribution >= 0.6 is 0 Å². The second-order valence-electron chi connectivity index (χ2n) is 12.0. The Balaban J connectivity index is 1.20. The quantitative estimate of drug-likeness (QED) is 0.482. The highest BCUT2D eigenvalue weighted by atomic mass is 16.5. The number of nitrogens with zero attached hydrogens (tertiary/aromatic N) is 2. The van der Waals surface area contributed by atoms with Crippen LogP contribution in [-0.4, -0.2) is 42.9 Å². The van der Waals surface area contributed by atoms with Gasteiger partial charge in [0, 0.05) is 37.1 Å². The molecule has 0 radical (unpaired) electrons. The van der Waals surface area contributed by atoms with E-state index in [-0.39, 0.29) is 5.92 Å². The van der Waals surface area contributed by atoms with Crippen molar-refractivity contribution in [2.75, 3.05) is 31.7 Å². The maximum absolute atomic E-state index is 11.7. The monoisotopic (exact) mass is 492 g/mol. The topological polar surface area (TPSA) is 71.9 Å². The number of carbonyl (C=O) groups is 1. The summed E-state index contributed by atoms with van der Waals surface area (Å²) in [4.78, 5) is 18.6. The SMILES string of the molecule is COc1cc2c(c(N3CCC(COc4cc([C@H](C5CC5)[C@H](C)C(=O)O)ccn4)CC3)c1)CC(C)(C)C2. The minimum absolute atomic E-state index is 0.0330. The molecule has 2 fully saturated rings. The van der Waals surface area contributed by atoms with E-state index in [4.69, 9.17) is 9.47 Å². The van der Waals surface area contributed by atoms with Crippen LogP contribution in [0.15, 0.2) is 30.5 Å². The average molecular weight is 493 g/mol. The molecule has 6 heteroatoms. The Morgan fingerprint density at radius 3 is 2.58 bits per heavy atom. The van der Waals surface area contributed by atoms with Gasteiger partial charge in [0.1, 0.15) is 5.75 Å². The van der Waals surface area contributed by atoms with E-state index in [1.165, 1.54) is 16.8 Å². The molecule has 194 valence electrons. The smallest absolute Gasteiger partial charge is 0.306 e. The number of hydrogen-bond acceptors (Lipinski definition) is 5. The maximum atomic E-state index is 11.7. The normalized spacial score (nSPS) is 21.1. The Kier molecular flexibility index (Phi) is 6.88. The van der Waals surface area contributed by atoms with Gasteiger partial charge in [-0.25, -0.2) is 4.98 Å². The zero-order valence-electron chi connectivity index (χ0n) is 22.1. The van der Waals surface area contributed by atoms with Gasteiger partial charge in [-0.15, -0.1) is 0 Å². The van der Waals surface area contributed by atoms with Crippen LogP contribution in [0, 0.1) is 23.2 Å². The zero-order chi connectivity index (χ0) is 25.4. The third kappa shape index (κ3) is 5.33. The minimum atomic E-state index is -0.733. The van der Waals surface area contributed by atoms with E-state index in [0.29, 0.717) is 29.7 Å². The Labute approximate surface area is 215 Å². The number of anilines is 1. The first-order valence-corrected chi connectivity index (χ1v) is 13.5. The largest absolute Gasteiger partial charge is 0.497 e. The van der Waals surface area contributed by atoms with Crippen LogP contribution in [0.3, 0.4) is 0 Å². The Bertz CT molecular complexity index is 1100. The van der Waals surface area contributed by atoms with Crippen molar-refractivity contribution in [1.29, 1.82) is 0 Å². The van der Waals surface area contributed by atoms with Crippen LogP contribution in [-0.2, 0) is 17.6 Å².